The number of carbonyl (C=O) groups is 1. The van der Waals surface area contributed by atoms with Crippen LogP contribution in [0.4, 0.5) is 4.39 Å². The molecule has 2 rings (SSSR count). The van der Waals surface area contributed by atoms with Crippen LogP contribution in [0.15, 0.2) is 18.2 Å². The molecule has 0 atom stereocenters. The van der Waals surface area contributed by atoms with Crippen LogP contribution < -0.4 is 0 Å². The fraction of sp³-hybridized carbons (Fsp3) is 0.562. The highest BCUT2D eigenvalue weighted by molar-refractivity contribution is 6.30. The van der Waals surface area contributed by atoms with Gasteiger partial charge in [0.1, 0.15) is 5.82 Å². The number of hydrogen-bond donors (Lipinski definition) is 0. The molecule has 1 aromatic carbocycles. The Morgan fingerprint density at radius 3 is 2.65 bits per heavy atom. The van der Waals surface area contributed by atoms with E-state index < -0.39 is 0 Å². The molecule has 0 heterocycles. The van der Waals surface area contributed by atoms with Gasteiger partial charge in [0, 0.05) is 6.42 Å². The number of benzene rings is 1. The fourth-order valence-electron chi connectivity index (χ4n) is 2.92. The number of ether oxygens (including phenoxy) is 1. The van der Waals surface area contributed by atoms with Crippen LogP contribution in [0.25, 0.3) is 0 Å². The number of halogens is 2. The first-order valence-corrected chi connectivity index (χ1v) is 7.58. The van der Waals surface area contributed by atoms with Gasteiger partial charge in [0.05, 0.1) is 11.6 Å². The molecule has 0 aliphatic heterocycles. The zero-order chi connectivity index (χ0) is 14.5. The summed E-state index contributed by atoms with van der Waals surface area (Å²) in [5.41, 5.74) is 1.02. The van der Waals surface area contributed by atoms with Gasteiger partial charge in [0.15, 0.2) is 0 Å². The van der Waals surface area contributed by atoms with Crippen LogP contribution in [-0.2, 0) is 9.53 Å². The van der Waals surface area contributed by atoms with E-state index in [4.69, 9.17) is 16.3 Å². The Hall–Kier alpha value is -1.09. The monoisotopic (exact) mass is 298 g/mol. The Balaban J connectivity index is 1.87. The molecule has 0 saturated heterocycles. The maximum absolute atomic E-state index is 13.5. The van der Waals surface area contributed by atoms with Crippen LogP contribution in [0.1, 0.15) is 50.5 Å². The van der Waals surface area contributed by atoms with Gasteiger partial charge in [0.2, 0.25) is 0 Å². The number of carbonyl (C=O) groups excluding carboxylic acids is 1. The van der Waals surface area contributed by atoms with Gasteiger partial charge in [-0.1, -0.05) is 17.7 Å². The van der Waals surface area contributed by atoms with Crippen molar-refractivity contribution in [1.82, 2.24) is 0 Å². The van der Waals surface area contributed by atoms with Crippen molar-refractivity contribution in [3.05, 3.63) is 34.6 Å². The molecule has 0 aromatic heterocycles. The maximum Gasteiger partial charge on any atom is 0.306 e. The summed E-state index contributed by atoms with van der Waals surface area (Å²) in [7, 11) is 0. The van der Waals surface area contributed by atoms with Crippen LogP contribution in [0.5, 0.6) is 0 Å². The standard InChI is InChI=1S/C16H20ClFO2/c1-2-20-16(19)9-11-3-5-12(6-4-11)13-7-8-14(17)15(18)10-13/h7-8,10-12H,2-6,9H2,1H3. The molecule has 0 unspecified atom stereocenters. The van der Waals surface area contributed by atoms with Crippen molar-refractivity contribution in [3.8, 4) is 0 Å². The Morgan fingerprint density at radius 1 is 1.35 bits per heavy atom. The Morgan fingerprint density at radius 2 is 2.05 bits per heavy atom. The predicted molar refractivity (Wildman–Crippen MR) is 77.4 cm³/mol. The fourth-order valence-corrected chi connectivity index (χ4v) is 3.04. The maximum atomic E-state index is 13.5. The molecule has 0 N–H and O–H groups in total. The summed E-state index contributed by atoms with van der Waals surface area (Å²) in [5.74, 6) is 0.328. The van der Waals surface area contributed by atoms with E-state index in [1.165, 1.54) is 0 Å². The van der Waals surface area contributed by atoms with E-state index in [1.807, 2.05) is 13.0 Å². The number of rotatable bonds is 4. The van der Waals surface area contributed by atoms with Crippen molar-refractivity contribution >= 4 is 17.6 Å². The highest BCUT2D eigenvalue weighted by Gasteiger charge is 2.24. The minimum atomic E-state index is -0.349. The SMILES string of the molecule is CCOC(=O)CC1CCC(c2ccc(Cl)c(F)c2)CC1. The normalized spacial score (nSPS) is 22.6. The molecule has 20 heavy (non-hydrogen) atoms. The molecule has 0 bridgehead atoms. The molecule has 0 spiro atoms. The molecular weight excluding hydrogens is 279 g/mol. The third-order valence-corrected chi connectivity index (χ3v) is 4.33. The van der Waals surface area contributed by atoms with Crippen molar-refractivity contribution in [2.24, 2.45) is 5.92 Å². The van der Waals surface area contributed by atoms with Gasteiger partial charge in [-0.25, -0.2) is 4.39 Å². The molecule has 4 heteroatoms. The largest absolute Gasteiger partial charge is 0.466 e. The summed E-state index contributed by atoms with van der Waals surface area (Å²) >= 11 is 5.70. The lowest BCUT2D eigenvalue weighted by Gasteiger charge is -2.28. The third kappa shape index (κ3) is 3.95. The molecule has 1 aliphatic carbocycles. The molecule has 1 fully saturated rings. The van der Waals surface area contributed by atoms with Crippen LogP contribution >= 0.6 is 11.6 Å². The molecule has 110 valence electrons. The van der Waals surface area contributed by atoms with Gasteiger partial charge in [-0.2, -0.15) is 0 Å². The van der Waals surface area contributed by atoms with E-state index in [0.29, 0.717) is 24.9 Å². The Bertz CT molecular complexity index is 468. The van der Waals surface area contributed by atoms with E-state index in [-0.39, 0.29) is 16.8 Å². The van der Waals surface area contributed by atoms with Crippen molar-refractivity contribution in [1.29, 1.82) is 0 Å². The van der Waals surface area contributed by atoms with Crippen LogP contribution in [0, 0.1) is 11.7 Å². The van der Waals surface area contributed by atoms with Crippen LogP contribution in [-0.4, -0.2) is 12.6 Å². The van der Waals surface area contributed by atoms with Gasteiger partial charge in [-0.3, -0.25) is 4.79 Å². The Kier molecular flexibility index (Phi) is 5.41. The first-order valence-electron chi connectivity index (χ1n) is 7.20. The lowest BCUT2D eigenvalue weighted by Crippen LogP contribution is -2.18. The van der Waals surface area contributed by atoms with Gasteiger partial charge >= 0.3 is 5.97 Å². The molecule has 1 aromatic rings. The first-order chi connectivity index (χ1) is 9.60. The van der Waals surface area contributed by atoms with Gasteiger partial charge in [-0.15, -0.1) is 0 Å². The van der Waals surface area contributed by atoms with E-state index >= 15 is 0 Å². The van der Waals surface area contributed by atoms with Crippen LogP contribution in [0.3, 0.4) is 0 Å². The van der Waals surface area contributed by atoms with E-state index in [9.17, 15) is 9.18 Å². The smallest absolute Gasteiger partial charge is 0.306 e. The van der Waals surface area contributed by atoms with Gasteiger partial charge < -0.3 is 4.74 Å². The van der Waals surface area contributed by atoms with Gasteiger partial charge in [-0.05, 0) is 62.1 Å². The molecule has 2 nitrogen and oxygen atoms in total. The average molecular weight is 299 g/mol. The minimum Gasteiger partial charge on any atom is -0.466 e. The lowest BCUT2D eigenvalue weighted by molar-refractivity contribution is -0.144. The van der Waals surface area contributed by atoms with Gasteiger partial charge in [0.25, 0.3) is 0 Å². The number of esters is 1. The zero-order valence-corrected chi connectivity index (χ0v) is 12.5. The second kappa shape index (κ2) is 7.07. The van der Waals surface area contributed by atoms with E-state index in [1.54, 1.807) is 12.1 Å². The lowest BCUT2D eigenvalue weighted by atomic mass is 9.77. The molecule has 1 aliphatic rings. The van der Waals surface area contributed by atoms with Crippen molar-refractivity contribution in [2.45, 2.75) is 44.9 Å². The molecular formula is C16H20ClFO2. The topological polar surface area (TPSA) is 26.3 Å². The summed E-state index contributed by atoms with van der Waals surface area (Å²) in [6.07, 6.45) is 4.48. The summed E-state index contributed by atoms with van der Waals surface area (Å²) in [6, 6.07) is 5.07. The molecule has 0 amide bonds. The summed E-state index contributed by atoms with van der Waals surface area (Å²) in [4.78, 5) is 11.5. The van der Waals surface area contributed by atoms with E-state index in [2.05, 4.69) is 0 Å². The second-order valence-electron chi connectivity index (χ2n) is 5.40. The van der Waals surface area contributed by atoms with Crippen molar-refractivity contribution in [2.75, 3.05) is 6.61 Å². The first kappa shape index (κ1) is 15.3. The average Bonchev–Trinajstić information content (AvgIpc) is 2.43. The second-order valence-corrected chi connectivity index (χ2v) is 5.81. The van der Waals surface area contributed by atoms with Crippen LogP contribution in [0.2, 0.25) is 5.02 Å². The number of hydrogen-bond acceptors (Lipinski definition) is 2. The minimum absolute atomic E-state index is 0.103. The van der Waals surface area contributed by atoms with Crippen molar-refractivity contribution < 1.29 is 13.9 Å². The highest BCUT2D eigenvalue weighted by Crippen LogP contribution is 2.37. The summed E-state index contributed by atoms with van der Waals surface area (Å²) < 4.78 is 18.5. The third-order valence-electron chi connectivity index (χ3n) is 4.02. The summed E-state index contributed by atoms with van der Waals surface area (Å²) in [5, 5.41) is 0.171. The predicted octanol–water partition coefficient (Wildman–Crippen LogP) is 4.71. The summed E-state index contributed by atoms with van der Waals surface area (Å²) in [6.45, 7) is 2.27. The zero-order valence-electron chi connectivity index (χ0n) is 11.7. The highest BCUT2D eigenvalue weighted by atomic mass is 35.5. The van der Waals surface area contributed by atoms with Crippen molar-refractivity contribution in [3.63, 3.8) is 0 Å². The molecule has 0 radical (unpaired) electrons. The quantitative estimate of drug-likeness (QED) is 0.753. The van der Waals surface area contributed by atoms with E-state index in [0.717, 1.165) is 31.2 Å². The molecule has 1 saturated carbocycles. The Labute approximate surface area is 124 Å².